The number of aliphatic hydroxyl groups is 1. The Morgan fingerprint density at radius 2 is 1.85 bits per heavy atom. The molecule has 0 atom stereocenters. The molecular weight excluding hydrogens is 443 g/mol. The molecule has 2 aliphatic rings. The number of hydrogen-bond donors (Lipinski definition) is 2. The SMILES string of the molecule is CN1CC2(C1)CN(c1ccc3nncc(NCc4cccc(C(F)(F)C(C)(C)O)c4F)c3c1)C2. The van der Waals surface area contributed by atoms with Crippen LogP contribution in [0.1, 0.15) is 25.0 Å². The van der Waals surface area contributed by atoms with Gasteiger partial charge >= 0.3 is 5.92 Å². The smallest absolute Gasteiger partial charge is 0.303 e. The van der Waals surface area contributed by atoms with Crippen molar-refractivity contribution in [2.45, 2.75) is 31.9 Å². The van der Waals surface area contributed by atoms with Crippen LogP contribution in [-0.4, -0.2) is 59.0 Å². The van der Waals surface area contributed by atoms with E-state index in [2.05, 4.69) is 32.4 Å². The van der Waals surface area contributed by atoms with Crippen LogP contribution in [0.15, 0.2) is 42.6 Å². The molecular formula is C25H28F3N5O. The summed E-state index contributed by atoms with van der Waals surface area (Å²) in [4.78, 5) is 4.65. The number of nitrogens with one attached hydrogen (secondary N) is 1. The first-order chi connectivity index (χ1) is 16.0. The summed E-state index contributed by atoms with van der Waals surface area (Å²) in [6.07, 6.45) is 1.55. The van der Waals surface area contributed by atoms with Gasteiger partial charge in [-0.3, -0.25) is 0 Å². The monoisotopic (exact) mass is 471 g/mol. The summed E-state index contributed by atoms with van der Waals surface area (Å²) in [6.45, 7) is 6.17. The molecule has 34 heavy (non-hydrogen) atoms. The lowest BCUT2D eigenvalue weighted by atomic mass is 9.73. The number of aromatic nitrogens is 2. The molecule has 1 spiro atoms. The zero-order valence-corrected chi connectivity index (χ0v) is 19.4. The van der Waals surface area contributed by atoms with E-state index < -0.39 is 22.9 Å². The van der Waals surface area contributed by atoms with Crippen molar-refractivity contribution in [1.82, 2.24) is 15.1 Å². The van der Waals surface area contributed by atoms with Crippen LogP contribution in [0.3, 0.4) is 0 Å². The standard InChI is InChI=1S/C25H28F3N5O/c1-23(2,34)25(27,28)19-6-4-5-16(22(19)26)10-29-21-11-30-31-20-8-7-17(9-18(20)21)33-14-24(15-33)12-32(3)13-24/h4-9,11,34H,10,12-15H2,1-3H3,(H,29,31). The molecule has 0 saturated carbocycles. The van der Waals surface area contributed by atoms with Gasteiger partial charge in [0.15, 0.2) is 0 Å². The average Bonchev–Trinajstić information content (AvgIpc) is 2.73. The van der Waals surface area contributed by atoms with E-state index in [9.17, 15) is 13.9 Å². The molecule has 0 unspecified atom stereocenters. The van der Waals surface area contributed by atoms with Gasteiger partial charge in [0.1, 0.15) is 11.4 Å². The van der Waals surface area contributed by atoms with Gasteiger partial charge in [0.25, 0.3) is 0 Å². The number of nitrogens with zero attached hydrogens (tertiary/aromatic N) is 4. The second kappa shape index (κ2) is 7.81. The van der Waals surface area contributed by atoms with Crippen LogP contribution in [0.25, 0.3) is 10.9 Å². The third-order valence-electron chi connectivity index (χ3n) is 6.91. The summed E-state index contributed by atoms with van der Waals surface area (Å²) in [7, 11) is 2.13. The minimum Gasteiger partial charge on any atom is -0.384 e. The quantitative estimate of drug-likeness (QED) is 0.567. The Morgan fingerprint density at radius 1 is 1.12 bits per heavy atom. The molecule has 2 aromatic carbocycles. The second-order valence-corrected chi connectivity index (χ2v) is 10.3. The largest absolute Gasteiger partial charge is 0.384 e. The maximum absolute atomic E-state index is 15.0. The number of benzene rings is 2. The first-order valence-electron chi connectivity index (χ1n) is 11.3. The van der Waals surface area contributed by atoms with Crippen molar-refractivity contribution in [3.05, 3.63) is 59.5 Å². The molecule has 6 nitrogen and oxygen atoms in total. The zero-order valence-electron chi connectivity index (χ0n) is 19.4. The van der Waals surface area contributed by atoms with Crippen molar-refractivity contribution in [2.24, 2.45) is 5.41 Å². The molecule has 5 rings (SSSR count). The lowest BCUT2D eigenvalue weighted by molar-refractivity contribution is -0.170. The van der Waals surface area contributed by atoms with Crippen molar-refractivity contribution in [2.75, 3.05) is 43.4 Å². The molecule has 0 bridgehead atoms. The van der Waals surface area contributed by atoms with E-state index in [4.69, 9.17) is 0 Å². The van der Waals surface area contributed by atoms with Crippen molar-refractivity contribution >= 4 is 22.3 Å². The topological polar surface area (TPSA) is 64.5 Å². The summed E-state index contributed by atoms with van der Waals surface area (Å²) in [5.41, 5.74) is -0.337. The summed E-state index contributed by atoms with van der Waals surface area (Å²) in [5.74, 6) is -4.78. The third-order valence-corrected chi connectivity index (χ3v) is 6.91. The molecule has 3 aromatic rings. The Bertz CT molecular complexity index is 1230. The molecule has 1 aromatic heterocycles. The highest BCUT2D eigenvalue weighted by atomic mass is 19.3. The highest BCUT2D eigenvalue weighted by Gasteiger charge is 2.50. The van der Waals surface area contributed by atoms with Crippen LogP contribution in [0, 0.1) is 11.2 Å². The predicted molar refractivity (Wildman–Crippen MR) is 126 cm³/mol. The third kappa shape index (κ3) is 3.76. The summed E-state index contributed by atoms with van der Waals surface area (Å²) in [6, 6.07) is 9.80. The van der Waals surface area contributed by atoms with E-state index in [-0.39, 0.29) is 12.1 Å². The number of fused-ring (bicyclic) bond motifs is 1. The maximum Gasteiger partial charge on any atom is 0.303 e. The zero-order chi connectivity index (χ0) is 24.3. The van der Waals surface area contributed by atoms with Gasteiger partial charge in [0.05, 0.1) is 23.0 Å². The number of rotatable bonds is 6. The molecule has 0 aliphatic carbocycles. The highest BCUT2D eigenvalue weighted by Crippen LogP contribution is 2.42. The minimum atomic E-state index is -3.74. The minimum absolute atomic E-state index is 0.0220. The van der Waals surface area contributed by atoms with Crippen LogP contribution >= 0.6 is 0 Å². The van der Waals surface area contributed by atoms with Crippen LogP contribution in [0.5, 0.6) is 0 Å². The second-order valence-electron chi connectivity index (χ2n) is 10.3. The molecule has 2 N–H and O–H groups in total. The lowest BCUT2D eigenvalue weighted by Gasteiger charge is -2.60. The summed E-state index contributed by atoms with van der Waals surface area (Å²) in [5, 5.41) is 22.0. The van der Waals surface area contributed by atoms with Gasteiger partial charge in [0, 0.05) is 54.8 Å². The highest BCUT2D eigenvalue weighted by molar-refractivity contribution is 5.93. The first kappa shape index (κ1) is 22.9. The van der Waals surface area contributed by atoms with Gasteiger partial charge in [0.2, 0.25) is 0 Å². The van der Waals surface area contributed by atoms with Gasteiger partial charge in [-0.05, 0) is 45.2 Å². The molecule has 2 saturated heterocycles. The Balaban J connectivity index is 1.37. The molecule has 0 radical (unpaired) electrons. The number of alkyl halides is 2. The van der Waals surface area contributed by atoms with E-state index in [1.54, 1.807) is 6.20 Å². The van der Waals surface area contributed by atoms with Crippen LogP contribution in [-0.2, 0) is 12.5 Å². The van der Waals surface area contributed by atoms with Gasteiger partial charge in [-0.1, -0.05) is 12.1 Å². The molecule has 2 aliphatic heterocycles. The van der Waals surface area contributed by atoms with E-state index in [1.807, 2.05) is 18.2 Å². The van der Waals surface area contributed by atoms with Gasteiger partial charge in [-0.25, -0.2) is 4.39 Å². The number of halogens is 3. The fourth-order valence-electron chi connectivity index (χ4n) is 5.11. The average molecular weight is 472 g/mol. The summed E-state index contributed by atoms with van der Waals surface area (Å²) < 4.78 is 44.2. The maximum atomic E-state index is 15.0. The van der Waals surface area contributed by atoms with Crippen molar-refractivity contribution in [3.63, 3.8) is 0 Å². The van der Waals surface area contributed by atoms with Crippen LogP contribution in [0.2, 0.25) is 0 Å². The van der Waals surface area contributed by atoms with E-state index >= 15 is 4.39 Å². The predicted octanol–water partition coefficient (Wildman–Crippen LogP) is 4.00. The normalized spacial score (nSPS) is 18.1. The fourth-order valence-corrected chi connectivity index (χ4v) is 5.11. The van der Waals surface area contributed by atoms with Gasteiger partial charge in [-0.15, -0.1) is 0 Å². The Kier molecular flexibility index (Phi) is 5.25. The molecule has 3 heterocycles. The molecule has 9 heteroatoms. The Labute approximate surface area is 196 Å². The van der Waals surface area contributed by atoms with Crippen LogP contribution < -0.4 is 10.2 Å². The molecule has 2 fully saturated rings. The number of hydrogen-bond acceptors (Lipinski definition) is 6. The number of anilines is 2. The first-order valence-corrected chi connectivity index (χ1v) is 11.3. The van der Waals surface area contributed by atoms with Crippen molar-refractivity contribution in [3.8, 4) is 0 Å². The molecule has 180 valence electrons. The number of likely N-dealkylation sites (tertiary alicyclic amines) is 1. The Morgan fingerprint density at radius 3 is 2.53 bits per heavy atom. The van der Waals surface area contributed by atoms with Gasteiger partial charge < -0.3 is 20.2 Å². The molecule has 0 amide bonds. The lowest BCUT2D eigenvalue weighted by Crippen LogP contribution is -2.71. The van der Waals surface area contributed by atoms with E-state index in [0.717, 1.165) is 57.2 Å². The summed E-state index contributed by atoms with van der Waals surface area (Å²) >= 11 is 0. The van der Waals surface area contributed by atoms with Crippen molar-refractivity contribution < 1.29 is 18.3 Å². The van der Waals surface area contributed by atoms with Crippen LogP contribution in [0.4, 0.5) is 24.5 Å². The fraction of sp³-hybridized carbons (Fsp3) is 0.440. The van der Waals surface area contributed by atoms with Crippen molar-refractivity contribution in [1.29, 1.82) is 0 Å². The van der Waals surface area contributed by atoms with Gasteiger partial charge in [-0.2, -0.15) is 19.0 Å². The van der Waals surface area contributed by atoms with E-state index in [0.29, 0.717) is 16.6 Å². The Hall–Kier alpha value is -2.91. The van der Waals surface area contributed by atoms with E-state index in [1.165, 1.54) is 12.1 Å².